The quantitative estimate of drug-likeness (QED) is 0.0176. The van der Waals surface area contributed by atoms with Gasteiger partial charge in [-0.05, 0) is 98.8 Å². The van der Waals surface area contributed by atoms with Crippen molar-refractivity contribution >= 4 is 33.8 Å². The zero-order valence-electron chi connectivity index (χ0n) is 38.0. The summed E-state index contributed by atoms with van der Waals surface area (Å²) < 4.78 is 19.5. The molecule has 0 aliphatic carbocycles. The molecule has 0 rings (SSSR count). The number of nitrogens with one attached hydrogen (secondary N) is 3. The monoisotopic (exact) mass is 894 g/mol. The van der Waals surface area contributed by atoms with Crippen LogP contribution in [-0.4, -0.2) is 118 Å². The largest absolute Gasteiger partial charge is 0.469 e. The number of aliphatic hydroxyl groups excluding tert-OH is 2. The summed E-state index contributed by atoms with van der Waals surface area (Å²) in [5.41, 5.74) is -2.27. The van der Waals surface area contributed by atoms with Crippen LogP contribution >= 0.6 is 15.9 Å². The molecule has 0 aliphatic rings. The molecule has 12 nitrogen and oxygen atoms in total. The summed E-state index contributed by atoms with van der Waals surface area (Å²) in [6.45, 7) is 13.8. The van der Waals surface area contributed by atoms with E-state index < -0.39 is 39.2 Å². The first-order chi connectivity index (χ1) is 27.6. The maximum Gasteiger partial charge on any atom is 0.322 e. The van der Waals surface area contributed by atoms with E-state index in [-0.39, 0.29) is 45.3 Å². The molecule has 0 heterocycles. The minimum absolute atomic E-state index is 0.00759. The Kier molecular flexibility index (Phi) is 34.4. The zero-order valence-corrected chi connectivity index (χ0v) is 39.6. The van der Waals surface area contributed by atoms with Gasteiger partial charge in [-0.2, -0.15) is 0 Å². The summed E-state index contributed by atoms with van der Waals surface area (Å²) in [4.78, 5) is 38.7. The van der Waals surface area contributed by atoms with Gasteiger partial charge in [-0.15, -0.1) is 0 Å². The van der Waals surface area contributed by atoms with Gasteiger partial charge in [-0.25, -0.2) is 0 Å². The molecule has 0 aliphatic heterocycles. The number of carbonyl (C=O) groups excluding carboxylic acids is 3. The second-order valence-corrected chi connectivity index (χ2v) is 19.2. The van der Waals surface area contributed by atoms with E-state index in [1.807, 2.05) is 0 Å². The first-order valence-corrected chi connectivity index (χ1v) is 23.5. The number of rotatable bonds is 41. The first kappa shape index (κ1) is 56.6. The fourth-order valence-corrected chi connectivity index (χ4v) is 8.17. The third kappa shape index (κ3) is 29.8. The van der Waals surface area contributed by atoms with Gasteiger partial charge >= 0.3 is 17.9 Å². The standard InChI is InChI=1S/C45H88BrN3O9/c1-8-9-10-11-12-13-14-15-16-17-18-21-26-38(50)33-48-29-24-19-22-27-47-28-23-20-25-30-49-34-39(51)35-58-42(54)45(5,46)37-44(4,41(53)56-7)36-43(2,3)40(52)57-32-31-55-6/h38-39,47-51H,8-37H2,1-7H3. The molecule has 0 bridgehead atoms. The minimum atomic E-state index is -1.28. The van der Waals surface area contributed by atoms with Crippen molar-refractivity contribution in [1.82, 2.24) is 16.0 Å². The Morgan fingerprint density at radius 3 is 1.53 bits per heavy atom. The maximum absolute atomic E-state index is 13.1. The molecule has 13 heteroatoms. The highest BCUT2D eigenvalue weighted by Crippen LogP contribution is 2.44. The molecule has 0 saturated carbocycles. The summed E-state index contributed by atoms with van der Waals surface area (Å²) in [5.74, 6) is -1.67. The molecule has 0 aromatic carbocycles. The lowest BCUT2D eigenvalue weighted by Crippen LogP contribution is -2.45. The average Bonchev–Trinajstić information content (AvgIpc) is 3.17. The first-order valence-electron chi connectivity index (χ1n) is 22.7. The van der Waals surface area contributed by atoms with Crippen molar-refractivity contribution in [1.29, 1.82) is 0 Å². The Hall–Kier alpha value is -1.35. The van der Waals surface area contributed by atoms with Gasteiger partial charge in [0.1, 0.15) is 23.6 Å². The van der Waals surface area contributed by atoms with E-state index in [9.17, 15) is 24.6 Å². The number of ether oxygens (including phenoxy) is 4. The smallest absolute Gasteiger partial charge is 0.322 e. The topological polar surface area (TPSA) is 165 Å². The van der Waals surface area contributed by atoms with Crippen LogP contribution in [0.2, 0.25) is 0 Å². The Morgan fingerprint density at radius 1 is 0.569 bits per heavy atom. The zero-order chi connectivity index (χ0) is 43.5. The number of hydrogen-bond acceptors (Lipinski definition) is 12. The predicted molar refractivity (Wildman–Crippen MR) is 238 cm³/mol. The molecule has 4 unspecified atom stereocenters. The van der Waals surface area contributed by atoms with Gasteiger partial charge in [0, 0.05) is 20.2 Å². The number of aliphatic hydroxyl groups is 2. The Morgan fingerprint density at radius 2 is 1.03 bits per heavy atom. The molecule has 58 heavy (non-hydrogen) atoms. The molecule has 5 N–H and O–H groups in total. The highest BCUT2D eigenvalue weighted by Gasteiger charge is 2.49. The third-order valence-electron chi connectivity index (χ3n) is 10.7. The minimum Gasteiger partial charge on any atom is -0.469 e. The van der Waals surface area contributed by atoms with Crippen LogP contribution in [0.5, 0.6) is 0 Å². The lowest BCUT2D eigenvalue weighted by molar-refractivity contribution is -0.163. The van der Waals surface area contributed by atoms with Crippen LogP contribution in [0.1, 0.15) is 169 Å². The molecule has 0 aromatic rings. The van der Waals surface area contributed by atoms with Crippen molar-refractivity contribution < 1.29 is 43.5 Å². The number of alkyl halides is 1. The molecule has 0 spiro atoms. The average molecular weight is 895 g/mol. The van der Waals surface area contributed by atoms with E-state index >= 15 is 0 Å². The number of carbonyl (C=O) groups is 3. The lowest BCUT2D eigenvalue weighted by atomic mass is 9.70. The summed E-state index contributed by atoms with van der Waals surface area (Å²) in [5, 5.41) is 30.9. The molecule has 0 saturated heterocycles. The summed E-state index contributed by atoms with van der Waals surface area (Å²) in [6, 6.07) is 0. The maximum atomic E-state index is 13.1. The highest BCUT2D eigenvalue weighted by molar-refractivity contribution is 9.10. The molecule has 0 aromatic heterocycles. The Labute approximate surface area is 362 Å². The van der Waals surface area contributed by atoms with Gasteiger partial charge in [0.25, 0.3) is 0 Å². The second-order valence-electron chi connectivity index (χ2n) is 17.5. The van der Waals surface area contributed by atoms with Gasteiger partial charge in [0.15, 0.2) is 0 Å². The van der Waals surface area contributed by atoms with Gasteiger partial charge in [0.05, 0.1) is 30.7 Å². The molecule has 344 valence electrons. The number of esters is 3. The van der Waals surface area contributed by atoms with Crippen LogP contribution in [0, 0.1) is 10.8 Å². The molecule has 4 atom stereocenters. The molecular weight excluding hydrogens is 806 g/mol. The summed E-state index contributed by atoms with van der Waals surface area (Å²) in [7, 11) is 2.78. The van der Waals surface area contributed by atoms with Crippen molar-refractivity contribution in [3.05, 3.63) is 0 Å². The van der Waals surface area contributed by atoms with E-state index in [0.717, 1.165) is 71.1 Å². The number of methoxy groups -OCH3 is 2. The van der Waals surface area contributed by atoms with Crippen molar-refractivity contribution in [2.24, 2.45) is 10.8 Å². The fraction of sp³-hybridized carbons (Fsp3) is 0.933. The highest BCUT2D eigenvalue weighted by atomic mass is 79.9. The second kappa shape index (κ2) is 35.3. The van der Waals surface area contributed by atoms with E-state index in [0.29, 0.717) is 6.54 Å². The third-order valence-corrected chi connectivity index (χ3v) is 11.3. The SMILES string of the molecule is CCCCCCCCCCCCCCC(O)CNCCCCCNCCCCCNCC(O)COC(=O)C(C)(Br)CC(C)(CC(C)(C)C(=O)OCCOC)C(=O)OC. The van der Waals surface area contributed by atoms with E-state index in [4.69, 9.17) is 18.9 Å². The van der Waals surface area contributed by atoms with E-state index in [1.165, 1.54) is 91.3 Å². The predicted octanol–water partition coefficient (Wildman–Crippen LogP) is 7.78. The van der Waals surface area contributed by atoms with E-state index in [2.05, 4.69) is 38.8 Å². The van der Waals surface area contributed by atoms with Crippen molar-refractivity contribution in [3.63, 3.8) is 0 Å². The van der Waals surface area contributed by atoms with Crippen LogP contribution < -0.4 is 16.0 Å². The van der Waals surface area contributed by atoms with E-state index in [1.54, 1.807) is 27.7 Å². The van der Waals surface area contributed by atoms with Crippen LogP contribution in [-0.2, 0) is 33.3 Å². The summed E-state index contributed by atoms with van der Waals surface area (Å²) >= 11 is 3.44. The van der Waals surface area contributed by atoms with Crippen molar-refractivity contribution in [2.45, 2.75) is 186 Å². The molecule has 0 fully saturated rings. The van der Waals surface area contributed by atoms with Crippen LogP contribution in [0.15, 0.2) is 0 Å². The Balaban J connectivity index is 3.93. The Bertz CT molecular complexity index is 1040. The lowest BCUT2D eigenvalue weighted by Gasteiger charge is -2.37. The van der Waals surface area contributed by atoms with Crippen LogP contribution in [0.3, 0.4) is 0 Å². The number of hydrogen-bond donors (Lipinski definition) is 5. The van der Waals surface area contributed by atoms with Crippen molar-refractivity contribution in [2.75, 3.05) is 73.3 Å². The van der Waals surface area contributed by atoms with Crippen molar-refractivity contribution in [3.8, 4) is 0 Å². The number of halogens is 1. The van der Waals surface area contributed by atoms with Gasteiger partial charge in [0.2, 0.25) is 0 Å². The fourth-order valence-electron chi connectivity index (χ4n) is 7.44. The number of unbranched alkanes of at least 4 members (excludes halogenated alkanes) is 15. The van der Waals surface area contributed by atoms with Gasteiger partial charge < -0.3 is 45.1 Å². The van der Waals surface area contributed by atoms with Gasteiger partial charge in [-0.1, -0.05) is 113 Å². The summed E-state index contributed by atoms with van der Waals surface area (Å²) in [6.07, 6.45) is 22.5. The molecule has 0 amide bonds. The van der Waals surface area contributed by atoms with Crippen LogP contribution in [0.4, 0.5) is 0 Å². The van der Waals surface area contributed by atoms with Crippen LogP contribution in [0.25, 0.3) is 0 Å². The molecule has 0 radical (unpaired) electrons. The normalized spacial score (nSPS) is 15.0. The van der Waals surface area contributed by atoms with Gasteiger partial charge in [-0.3, -0.25) is 14.4 Å². The molecular formula is C45H88BrN3O9.